The molecule has 2 atom stereocenters. The molecule has 4 rings (SSSR count). The minimum absolute atomic E-state index is 0.0429. The van der Waals surface area contributed by atoms with E-state index in [4.69, 9.17) is 23.1 Å². The highest BCUT2D eigenvalue weighted by atomic mass is 35.5. The Morgan fingerprint density at radius 3 is 2.61 bits per heavy atom. The van der Waals surface area contributed by atoms with E-state index in [0.717, 1.165) is 48.1 Å². The van der Waals surface area contributed by atoms with E-state index in [1.165, 1.54) is 11.8 Å². The molecule has 0 bridgehead atoms. The van der Waals surface area contributed by atoms with Gasteiger partial charge in [0.2, 0.25) is 0 Å². The molecule has 2 aromatic rings. The smallest absolute Gasteiger partial charge is 0.147 e. The molecule has 1 saturated carbocycles. The van der Waals surface area contributed by atoms with E-state index < -0.39 is 5.60 Å². The lowest BCUT2D eigenvalue weighted by Crippen LogP contribution is -2.47. The predicted molar refractivity (Wildman–Crippen MR) is 112 cm³/mol. The lowest BCUT2D eigenvalue weighted by Gasteiger charge is -2.42. The average molecular weight is 421 g/mol. The molecule has 1 saturated heterocycles. The molecule has 28 heavy (non-hydrogen) atoms. The SMILES string of the molecule is C[C@@]1(O)C[C@@H](N)C2(CCN(c3cnc(Sc4ccnc(N)c4Cl)cn3)CC2)C1. The molecule has 2 aromatic heterocycles. The molecule has 9 heteroatoms. The van der Waals surface area contributed by atoms with Crippen molar-refractivity contribution in [2.24, 2.45) is 11.1 Å². The van der Waals surface area contributed by atoms with Gasteiger partial charge in [-0.05, 0) is 44.1 Å². The second-order valence-corrected chi connectivity index (χ2v) is 9.60. The molecule has 3 heterocycles. The van der Waals surface area contributed by atoms with Gasteiger partial charge in [-0.25, -0.2) is 15.0 Å². The Morgan fingerprint density at radius 1 is 1.25 bits per heavy atom. The summed E-state index contributed by atoms with van der Waals surface area (Å²) < 4.78 is 0. The summed E-state index contributed by atoms with van der Waals surface area (Å²) in [4.78, 5) is 16.1. The first-order valence-corrected chi connectivity index (χ1v) is 10.6. The number of hydrogen-bond acceptors (Lipinski definition) is 8. The maximum Gasteiger partial charge on any atom is 0.147 e. The van der Waals surface area contributed by atoms with E-state index in [1.54, 1.807) is 18.6 Å². The zero-order chi connectivity index (χ0) is 19.9. The van der Waals surface area contributed by atoms with Crippen LogP contribution in [0.25, 0.3) is 0 Å². The fraction of sp³-hybridized carbons (Fsp3) is 0.526. The molecular weight excluding hydrogens is 396 g/mol. The van der Waals surface area contributed by atoms with Gasteiger partial charge in [0.1, 0.15) is 16.7 Å². The Balaban J connectivity index is 1.41. The van der Waals surface area contributed by atoms with Gasteiger partial charge < -0.3 is 21.5 Å². The van der Waals surface area contributed by atoms with Gasteiger partial charge in [0, 0.05) is 30.2 Å². The van der Waals surface area contributed by atoms with Gasteiger partial charge >= 0.3 is 0 Å². The molecular formula is C19H25ClN6OS. The lowest BCUT2D eigenvalue weighted by molar-refractivity contribution is 0.0480. The third kappa shape index (κ3) is 3.78. The molecule has 150 valence electrons. The van der Waals surface area contributed by atoms with Crippen molar-refractivity contribution < 1.29 is 5.11 Å². The van der Waals surface area contributed by atoms with Crippen LogP contribution in [-0.4, -0.2) is 44.8 Å². The van der Waals surface area contributed by atoms with Crippen LogP contribution in [-0.2, 0) is 0 Å². The van der Waals surface area contributed by atoms with Crippen molar-refractivity contribution >= 4 is 35.0 Å². The topological polar surface area (TPSA) is 114 Å². The molecule has 0 radical (unpaired) electrons. The van der Waals surface area contributed by atoms with Crippen molar-refractivity contribution in [3.8, 4) is 0 Å². The molecule has 0 unspecified atom stereocenters. The van der Waals surface area contributed by atoms with E-state index in [0.29, 0.717) is 17.3 Å². The summed E-state index contributed by atoms with van der Waals surface area (Å²) in [6.07, 6.45) is 8.57. The molecule has 0 aromatic carbocycles. The highest BCUT2D eigenvalue weighted by Gasteiger charge is 2.51. The molecule has 2 aliphatic rings. The quantitative estimate of drug-likeness (QED) is 0.694. The molecule has 2 fully saturated rings. The van der Waals surface area contributed by atoms with Gasteiger partial charge in [-0.1, -0.05) is 23.4 Å². The monoisotopic (exact) mass is 420 g/mol. The van der Waals surface area contributed by atoms with Crippen molar-refractivity contribution in [2.45, 2.75) is 54.2 Å². The highest BCUT2D eigenvalue weighted by Crippen LogP contribution is 2.50. The fourth-order valence-electron chi connectivity index (χ4n) is 4.54. The Bertz CT molecular complexity index is 854. The van der Waals surface area contributed by atoms with Crippen molar-refractivity contribution in [3.63, 3.8) is 0 Å². The van der Waals surface area contributed by atoms with Crippen molar-refractivity contribution in [1.82, 2.24) is 15.0 Å². The molecule has 1 spiro atoms. The van der Waals surface area contributed by atoms with Crippen LogP contribution >= 0.6 is 23.4 Å². The average Bonchev–Trinajstić information content (AvgIpc) is 2.88. The Morgan fingerprint density at radius 2 is 2.00 bits per heavy atom. The minimum Gasteiger partial charge on any atom is -0.390 e. The number of aliphatic hydroxyl groups is 1. The zero-order valence-corrected chi connectivity index (χ0v) is 17.4. The Kier molecular flexibility index (Phi) is 5.16. The first kappa shape index (κ1) is 19.7. The van der Waals surface area contributed by atoms with Crippen LogP contribution in [0.5, 0.6) is 0 Å². The maximum absolute atomic E-state index is 10.4. The lowest BCUT2D eigenvalue weighted by atomic mass is 9.73. The van der Waals surface area contributed by atoms with Gasteiger partial charge in [0.15, 0.2) is 0 Å². The van der Waals surface area contributed by atoms with Gasteiger partial charge in [-0.3, -0.25) is 0 Å². The number of aromatic nitrogens is 3. The summed E-state index contributed by atoms with van der Waals surface area (Å²) >= 11 is 7.61. The number of nitrogens with two attached hydrogens (primary N) is 2. The van der Waals surface area contributed by atoms with E-state index in [-0.39, 0.29) is 11.5 Å². The summed E-state index contributed by atoms with van der Waals surface area (Å²) in [5.41, 5.74) is 11.5. The number of rotatable bonds is 3. The number of halogens is 1. The molecule has 7 nitrogen and oxygen atoms in total. The van der Waals surface area contributed by atoms with E-state index in [2.05, 4.69) is 19.9 Å². The van der Waals surface area contributed by atoms with Crippen LogP contribution < -0.4 is 16.4 Å². The number of hydrogen-bond donors (Lipinski definition) is 3. The molecule has 1 aliphatic heterocycles. The van der Waals surface area contributed by atoms with E-state index in [9.17, 15) is 5.11 Å². The van der Waals surface area contributed by atoms with Crippen LogP contribution in [0.3, 0.4) is 0 Å². The summed E-state index contributed by atoms with van der Waals surface area (Å²) in [5.74, 6) is 1.17. The molecule has 1 aliphatic carbocycles. The van der Waals surface area contributed by atoms with Gasteiger partial charge in [0.25, 0.3) is 0 Å². The third-order valence-corrected chi connectivity index (χ3v) is 7.46. The fourth-order valence-corrected chi connectivity index (χ4v) is 5.53. The number of anilines is 2. The number of pyridine rings is 1. The summed E-state index contributed by atoms with van der Waals surface area (Å²) in [5, 5.41) is 11.6. The maximum atomic E-state index is 10.4. The van der Waals surface area contributed by atoms with E-state index >= 15 is 0 Å². The number of nitrogens with zero attached hydrogens (tertiary/aromatic N) is 4. The Labute approximate surface area is 173 Å². The third-order valence-electron chi connectivity index (χ3n) is 5.97. The van der Waals surface area contributed by atoms with Crippen LogP contribution in [0.4, 0.5) is 11.6 Å². The van der Waals surface area contributed by atoms with Crippen LogP contribution in [0.2, 0.25) is 5.02 Å². The second kappa shape index (κ2) is 7.33. The van der Waals surface area contributed by atoms with Crippen molar-refractivity contribution in [2.75, 3.05) is 23.7 Å². The summed E-state index contributed by atoms with van der Waals surface area (Å²) in [7, 11) is 0. The minimum atomic E-state index is -0.641. The van der Waals surface area contributed by atoms with Gasteiger partial charge in [0.05, 0.1) is 23.0 Å². The first-order chi connectivity index (χ1) is 13.3. The van der Waals surface area contributed by atoms with Crippen molar-refractivity contribution in [1.29, 1.82) is 0 Å². The number of piperidine rings is 1. The van der Waals surface area contributed by atoms with Crippen molar-refractivity contribution in [3.05, 3.63) is 29.7 Å². The largest absolute Gasteiger partial charge is 0.390 e. The number of nitrogen functional groups attached to an aromatic ring is 1. The summed E-state index contributed by atoms with van der Waals surface area (Å²) in [6, 6.07) is 1.87. The van der Waals surface area contributed by atoms with Crippen LogP contribution in [0.15, 0.2) is 34.6 Å². The normalized spacial score (nSPS) is 26.7. The van der Waals surface area contributed by atoms with Gasteiger partial charge in [-0.15, -0.1) is 0 Å². The zero-order valence-electron chi connectivity index (χ0n) is 15.8. The predicted octanol–water partition coefficient (Wildman–Crippen LogP) is 2.72. The van der Waals surface area contributed by atoms with Gasteiger partial charge in [-0.2, -0.15) is 0 Å². The molecule has 0 amide bonds. The standard InChI is InChI=1S/C19H25ClN6OS/c1-18(27)8-13(21)19(11-18)3-6-26(7-4-19)14-9-25-15(10-24-14)28-12-2-5-23-17(22)16(12)20/h2,5,9-10,13,27H,3-4,6-8,11,21H2,1H3,(H2,22,23)/t13-,18-/m1/s1. The first-order valence-electron chi connectivity index (χ1n) is 9.41. The second-order valence-electron chi connectivity index (χ2n) is 8.16. The van der Waals surface area contributed by atoms with E-state index in [1.807, 2.05) is 13.0 Å². The van der Waals surface area contributed by atoms with Crippen LogP contribution in [0.1, 0.15) is 32.6 Å². The molecule has 5 N–H and O–H groups in total. The highest BCUT2D eigenvalue weighted by molar-refractivity contribution is 7.99. The van der Waals surface area contributed by atoms with Crippen LogP contribution in [0, 0.1) is 5.41 Å². The summed E-state index contributed by atoms with van der Waals surface area (Å²) in [6.45, 7) is 3.65. The Hall–Kier alpha value is -1.61.